The molecule has 1 amide bonds. The first-order valence-electron chi connectivity index (χ1n) is 35.6. The number of aliphatic hydroxyl groups is 2. The van der Waals surface area contributed by atoms with Crippen LogP contribution in [0, 0.1) is 0 Å². The van der Waals surface area contributed by atoms with E-state index in [4.69, 9.17) is 4.74 Å². The van der Waals surface area contributed by atoms with Gasteiger partial charge >= 0.3 is 5.97 Å². The number of ether oxygens (including phenoxy) is 1. The number of allylic oxidation sites excluding steroid dienone is 4. The first-order chi connectivity index (χ1) is 38.5. The Hall–Kier alpha value is -1.66. The number of aliphatic hydroxyl groups excluding tert-OH is 2. The molecule has 3 N–H and O–H groups in total. The molecule has 2 unspecified atom stereocenters. The monoisotopic (exact) mass is 1100 g/mol. The summed E-state index contributed by atoms with van der Waals surface area (Å²) in [5, 5.41) is 23.3. The number of hydrogen-bond acceptors (Lipinski definition) is 5. The topological polar surface area (TPSA) is 95.9 Å². The SMILES string of the molecule is CCCCC/C=C\C/C=C\CCCCCCCC(=O)OCCCCCCCCCCCCCCCCCCCCCCCCCCCCCCCCCCC(=O)NC(CO)C(O)CCCCCCCCCCCCCCCC. The second-order valence-corrected chi connectivity index (χ2v) is 24.6. The number of esters is 1. The molecular formula is C72H139NO5. The van der Waals surface area contributed by atoms with Crippen LogP contribution in [0.5, 0.6) is 0 Å². The summed E-state index contributed by atoms with van der Waals surface area (Å²) in [5.41, 5.74) is 0. The van der Waals surface area contributed by atoms with Crippen LogP contribution in [-0.2, 0) is 14.3 Å². The molecule has 0 aliphatic carbocycles. The number of unbranched alkanes of at least 4 members (excludes halogenated alkanes) is 52. The van der Waals surface area contributed by atoms with Crippen molar-refractivity contribution in [3.63, 3.8) is 0 Å². The average molecular weight is 1100 g/mol. The van der Waals surface area contributed by atoms with Gasteiger partial charge in [-0.3, -0.25) is 9.59 Å². The van der Waals surface area contributed by atoms with Crippen molar-refractivity contribution >= 4 is 11.9 Å². The maximum Gasteiger partial charge on any atom is 0.305 e. The maximum absolute atomic E-state index is 12.5. The summed E-state index contributed by atoms with van der Waals surface area (Å²) in [5.74, 6) is -0.0202. The van der Waals surface area contributed by atoms with Gasteiger partial charge in [-0.25, -0.2) is 0 Å². The molecule has 0 aromatic heterocycles. The molecule has 0 saturated carbocycles. The standard InChI is InChI=1S/C72H139NO5/c1-3-5-7-9-11-13-15-17-37-42-46-50-54-58-62-66-72(77)78-67-63-59-55-51-47-43-39-36-34-32-30-28-26-24-22-20-19-21-23-25-27-29-31-33-35-38-41-45-49-53-57-61-65-71(76)73-69(68-74)70(75)64-60-56-52-48-44-40-18-16-14-12-10-8-6-4-2/h11,13,17,37,69-70,74-75H,3-10,12,14-16,18-36,38-68H2,1-2H3,(H,73,76)/b13-11-,37-17-. The average Bonchev–Trinajstić information content (AvgIpc) is 3.44. The van der Waals surface area contributed by atoms with Gasteiger partial charge in [-0.15, -0.1) is 0 Å². The number of rotatable bonds is 67. The molecule has 0 rings (SSSR count). The minimum absolute atomic E-state index is 0.00770. The minimum atomic E-state index is -0.660. The predicted octanol–water partition coefficient (Wildman–Crippen LogP) is 22.9. The molecule has 0 heterocycles. The second-order valence-electron chi connectivity index (χ2n) is 24.6. The molecule has 0 aliphatic rings. The number of carbonyl (C=O) groups excluding carboxylic acids is 2. The predicted molar refractivity (Wildman–Crippen MR) is 343 cm³/mol. The van der Waals surface area contributed by atoms with Crippen LogP contribution in [0.25, 0.3) is 0 Å². The van der Waals surface area contributed by atoms with Crippen LogP contribution in [0.2, 0.25) is 0 Å². The Morgan fingerprint density at radius 1 is 0.359 bits per heavy atom. The fourth-order valence-electron chi connectivity index (χ4n) is 11.3. The Kier molecular flexibility index (Phi) is 66.4. The van der Waals surface area contributed by atoms with Crippen molar-refractivity contribution in [2.45, 2.75) is 411 Å². The van der Waals surface area contributed by atoms with Crippen LogP contribution < -0.4 is 5.32 Å². The van der Waals surface area contributed by atoms with Gasteiger partial charge in [0.1, 0.15) is 0 Å². The normalized spacial score (nSPS) is 12.6. The van der Waals surface area contributed by atoms with E-state index in [1.165, 1.54) is 315 Å². The summed E-state index contributed by atoms with van der Waals surface area (Å²) in [6.07, 6.45) is 85.2. The van der Waals surface area contributed by atoms with Crippen LogP contribution in [0.1, 0.15) is 399 Å². The van der Waals surface area contributed by atoms with E-state index in [0.717, 1.165) is 51.4 Å². The quantitative estimate of drug-likeness (QED) is 0.0320. The van der Waals surface area contributed by atoms with E-state index in [2.05, 4.69) is 43.5 Å². The highest BCUT2D eigenvalue weighted by atomic mass is 16.5. The van der Waals surface area contributed by atoms with Gasteiger partial charge in [0.2, 0.25) is 5.91 Å². The van der Waals surface area contributed by atoms with Gasteiger partial charge < -0.3 is 20.3 Å². The molecule has 6 heteroatoms. The molecule has 78 heavy (non-hydrogen) atoms. The highest BCUT2D eigenvalue weighted by Crippen LogP contribution is 2.19. The number of hydrogen-bond donors (Lipinski definition) is 3. The second kappa shape index (κ2) is 67.8. The molecule has 6 nitrogen and oxygen atoms in total. The van der Waals surface area contributed by atoms with Crippen molar-refractivity contribution in [3.05, 3.63) is 24.3 Å². The lowest BCUT2D eigenvalue weighted by Gasteiger charge is -2.22. The molecule has 0 saturated heterocycles. The Morgan fingerprint density at radius 3 is 1.00 bits per heavy atom. The lowest BCUT2D eigenvalue weighted by molar-refractivity contribution is -0.143. The van der Waals surface area contributed by atoms with Crippen molar-refractivity contribution < 1.29 is 24.5 Å². The van der Waals surface area contributed by atoms with Crippen LogP contribution in [-0.4, -0.2) is 47.4 Å². The van der Waals surface area contributed by atoms with Crippen molar-refractivity contribution in [3.8, 4) is 0 Å². The zero-order chi connectivity index (χ0) is 56.4. The number of amides is 1. The third-order valence-corrected chi connectivity index (χ3v) is 16.8. The molecule has 0 radical (unpaired) electrons. The molecule has 0 spiro atoms. The van der Waals surface area contributed by atoms with Crippen molar-refractivity contribution in [1.82, 2.24) is 5.32 Å². The summed E-state index contributed by atoms with van der Waals surface area (Å²) in [6.45, 7) is 4.95. The first-order valence-corrected chi connectivity index (χ1v) is 35.6. The molecule has 0 aliphatic heterocycles. The summed E-state index contributed by atoms with van der Waals surface area (Å²) in [6, 6.07) is -0.537. The molecule has 0 fully saturated rings. The highest BCUT2D eigenvalue weighted by Gasteiger charge is 2.20. The molecule has 0 aromatic rings. The summed E-state index contributed by atoms with van der Waals surface area (Å²) >= 11 is 0. The van der Waals surface area contributed by atoms with E-state index in [9.17, 15) is 19.8 Å². The van der Waals surface area contributed by atoms with E-state index < -0.39 is 12.1 Å². The number of nitrogens with one attached hydrogen (secondary N) is 1. The van der Waals surface area contributed by atoms with Gasteiger partial charge in [-0.05, 0) is 57.8 Å². The molecule has 462 valence electrons. The lowest BCUT2D eigenvalue weighted by Crippen LogP contribution is -2.45. The van der Waals surface area contributed by atoms with E-state index in [-0.39, 0.29) is 18.5 Å². The van der Waals surface area contributed by atoms with Crippen molar-refractivity contribution in [2.24, 2.45) is 0 Å². The molecular weight excluding hydrogens is 959 g/mol. The highest BCUT2D eigenvalue weighted by molar-refractivity contribution is 5.76. The van der Waals surface area contributed by atoms with Gasteiger partial charge in [0.25, 0.3) is 0 Å². The van der Waals surface area contributed by atoms with Crippen LogP contribution in [0.15, 0.2) is 24.3 Å². The smallest absolute Gasteiger partial charge is 0.305 e. The zero-order valence-corrected chi connectivity index (χ0v) is 52.9. The fraction of sp³-hybridized carbons (Fsp3) is 0.917. The van der Waals surface area contributed by atoms with E-state index >= 15 is 0 Å². The van der Waals surface area contributed by atoms with Gasteiger partial charge in [0, 0.05) is 12.8 Å². The Morgan fingerprint density at radius 2 is 0.641 bits per heavy atom. The van der Waals surface area contributed by atoms with Gasteiger partial charge in [-0.1, -0.05) is 353 Å². The third kappa shape index (κ3) is 63.5. The largest absolute Gasteiger partial charge is 0.466 e. The van der Waals surface area contributed by atoms with Crippen LogP contribution >= 0.6 is 0 Å². The van der Waals surface area contributed by atoms with Gasteiger partial charge in [0.15, 0.2) is 0 Å². The lowest BCUT2D eigenvalue weighted by atomic mass is 10.0. The zero-order valence-electron chi connectivity index (χ0n) is 52.9. The van der Waals surface area contributed by atoms with E-state index in [0.29, 0.717) is 25.9 Å². The number of carbonyl (C=O) groups is 2. The Bertz CT molecular complexity index is 1220. The van der Waals surface area contributed by atoms with E-state index in [1.807, 2.05) is 0 Å². The van der Waals surface area contributed by atoms with Crippen molar-refractivity contribution in [2.75, 3.05) is 13.2 Å². The van der Waals surface area contributed by atoms with E-state index in [1.54, 1.807) is 0 Å². The molecule has 0 aromatic carbocycles. The summed E-state index contributed by atoms with van der Waals surface area (Å²) < 4.78 is 5.49. The fourth-order valence-corrected chi connectivity index (χ4v) is 11.3. The Labute approximate surface area is 488 Å². The summed E-state index contributed by atoms with van der Waals surface area (Å²) in [7, 11) is 0. The van der Waals surface area contributed by atoms with Crippen molar-refractivity contribution in [1.29, 1.82) is 0 Å². The molecule has 0 bridgehead atoms. The minimum Gasteiger partial charge on any atom is -0.466 e. The Balaban J connectivity index is 3.31. The first kappa shape index (κ1) is 76.3. The maximum atomic E-state index is 12.5. The van der Waals surface area contributed by atoms with Crippen LogP contribution in [0.3, 0.4) is 0 Å². The van der Waals surface area contributed by atoms with Gasteiger partial charge in [-0.2, -0.15) is 0 Å². The third-order valence-electron chi connectivity index (χ3n) is 16.8. The summed E-state index contributed by atoms with van der Waals surface area (Å²) in [4.78, 5) is 24.6. The van der Waals surface area contributed by atoms with Gasteiger partial charge in [0.05, 0.1) is 25.4 Å². The van der Waals surface area contributed by atoms with Crippen LogP contribution in [0.4, 0.5) is 0 Å². The molecule has 2 atom stereocenters.